The normalized spacial score (nSPS) is 23.9. The van der Waals surface area contributed by atoms with Crippen LogP contribution in [0.25, 0.3) is 0 Å². The van der Waals surface area contributed by atoms with E-state index < -0.39 is 5.97 Å². The van der Waals surface area contributed by atoms with Gasteiger partial charge in [0, 0.05) is 12.8 Å². The highest BCUT2D eigenvalue weighted by molar-refractivity contribution is 5.75. The Labute approximate surface area is 97.2 Å². The number of terminal acetylenes is 1. The summed E-state index contributed by atoms with van der Waals surface area (Å²) in [6.07, 6.45) is 13.0. The van der Waals surface area contributed by atoms with Gasteiger partial charge in [-0.25, -0.2) is 0 Å². The molecule has 1 rings (SSSR count). The molecule has 0 saturated heterocycles. The zero-order valence-corrected chi connectivity index (χ0v) is 9.82. The molecule has 1 N–H and O–H groups in total. The van der Waals surface area contributed by atoms with Gasteiger partial charge in [-0.3, -0.25) is 4.79 Å². The molecule has 0 radical (unpaired) electrons. The van der Waals surface area contributed by atoms with Crippen LogP contribution in [0.15, 0.2) is 0 Å². The summed E-state index contributed by atoms with van der Waals surface area (Å²) in [5, 5.41) is 8.62. The molecule has 0 atom stereocenters. The Morgan fingerprint density at radius 3 is 1.75 bits per heavy atom. The van der Waals surface area contributed by atoms with Gasteiger partial charge in [0.25, 0.3) is 0 Å². The predicted octanol–water partition coefficient (Wildman–Crippen LogP) is 2.50. The maximum atomic E-state index is 10.9. The van der Waals surface area contributed by atoms with Crippen LogP contribution in [0.1, 0.15) is 45.4 Å². The van der Waals surface area contributed by atoms with Gasteiger partial charge in [-0.15, -0.1) is 12.8 Å². The predicted molar refractivity (Wildman–Crippen MR) is 62.9 cm³/mol. The number of carbonyl (C=O) groups is 2. The van der Waals surface area contributed by atoms with Crippen LogP contribution in [-0.4, -0.2) is 16.9 Å². The molecule has 0 heterocycles. The summed E-state index contributed by atoms with van der Waals surface area (Å²) in [5.41, 5.74) is 0. The van der Waals surface area contributed by atoms with E-state index in [1.54, 1.807) is 6.92 Å². The van der Waals surface area contributed by atoms with Crippen molar-refractivity contribution in [2.75, 3.05) is 0 Å². The molecule has 0 aromatic carbocycles. The molecule has 0 bridgehead atoms. The van der Waals surface area contributed by atoms with Crippen LogP contribution < -0.4 is 0 Å². The van der Waals surface area contributed by atoms with Crippen molar-refractivity contribution in [3.8, 4) is 12.8 Å². The lowest BCUT2D eigenvalue weighted by atomic mass is 9.79. The minimum Gasteiger partial charge on any atom is -0.481 e. The molecular weight excluding hydrogens is 204 g/mol. The second kappa shape index (κ2) is 7.92. The Kier molecular flexibility index (Phi) is 7.28. The van der Waals surface area contributed by atoms with E-state index in [-0.39, 0.29) is 5.78 Å². The van der Waals surface area contributed by atoms with E-state index in [0.29, 0.717) is 24.7 Å². The number of ketones is 1. The summed E-state index contributed by atoms with van der Waals surface area (Å²) in [6, 6.07) is 0. The lowest BCUT2D eigenvalue weighted by molar-refractivity contribution is -0.138. The third-order valence-electron chi connectivity index (χ3n) is 3.01. The molecule has 1 aliphatic carbocycles. The van der Waals surface area contributed by atoms with Crippen molar-refractivity contribution in [3.63, 3.8) is 0 Å². The molecule has 0 unspecified atom stereocenters. The van der Waals surface area contributed by atoms with Crippen molar-refractivity contribution in [1.29, 1.82) is 0 Å². The number of carboxylic acid groups (broad SMARTS) is 1. The Balaban J connectivity index is 0.00000106. The Morgan fingerprint density at radius 1 is 1.06 bits per heavy atom. The highest BCUT2D eigenvalue weighted by atomic mass is 16.4. The summed E-state index contributed by atoms with van der Waals surface area (Å²) < 4.78 is 0. The highest BCUT2D eigenvalue weighted by Gasteiger charge is 2.23. The van der Waals surface area contributed by atoms with Gasteiger partial charge in [-0.1, -0.05) is 0 Å². The molecule has 3 heteroatoms. The van der Waals surface area contributed by atoms with Crippen LogP contribution in [0.2, 0.25) is 0 Å². The molecule has 90 valence electrons. The molecule has 0 aromatic heterocycles. The van der Waals surface area contributed by atoms with E-state index in [0.717, 1.165) is 25.7 Å². The van der Waals surface area contributed by atoms with Crippen LogP contribution in [0, 0.1) is 24.7 Å². The molecule has 1 saturated carbocycles. The number of Topliss-reactive ketones (excluding diaryl/α,β-unsaturated/α-hetero) is 1. The molecular formula is C13H20O3. The maximum Gasteiger partial charge on any atom is 0.303 e. The molecule has 0 amide bonds. The Bertz CT molecular complexity index is 223. The summed E-state index contributed by atoms with van der Waals surface area (Å²) in [4.78, 5) is 21.3. The highest BCUT2D eigenvalue weighted by Crippen LogP contribution is 2.32. The molecule has 0 aliphatic heterocycles. The van der Waals surface area contributed by atoms with Crippen LogP contribution in [0.3, 0.4) is 0 Å². The number of rotatable bonds is 4. The van der Waals surface area contributed by atoms with Gasteiger partial charge in [0.05, 0.1) is 0 Å². The number of hydrogen-bond acceptors (Lipinski definition) is 2. The standard InChI is InChI=1S/C11H18O3.C2H2/c1-8(12)6-9-2-4-10(5-3-9)7-11(13)14;1-2/h9-10H,2-7H2,1H3,(H,13,14);1-2H. The largest absolute Gasteiger partial charge is 0.481 e. The number of hydrogen-bond donors (Lipinski definition) is 1. The van der Waals surface area contributed by atoms with E-state index in [4.69, 9.17) is 5.11 Å². The first-order chi connectivity index (χ1) is 7.58. The molecule has 0 aromatic rings. The van der Waals surface area contributed by atoms with Crippen molar-refractivity contribution in [2.24, 2.45) is 11.8 Å². The number of carboxylic acids is 1. The van der Waals surface area contributed by atoms with E-state index in [1.807, 2.05) is 0 Å². The fourth-order valence-corrected chi connectivity index (χ4v) is 2.29. The van der Waals surface area contributed by atoms with Gasteiger partial charge in [0.1, 0.15) is 5.78 Å². The van der Waals surface area contributed by atoms with E-state index in [2.05, 4.69) is 12.8 Å². The Morgan fingerprint density at radius 2 is 1.44 bits per heavy atom. The van der Waals surface area contributed by atoms with Crippen LogP contribution in [0.5, 0.6) is 0 Å². The zero-order valence-electron chi connectivity index (χ0n) is 9.82. The summed E-state index contributed by atoms with van der Waals surface area (Å²) >= 11 is 0. The minimum absolute atomic E-state index is 0.256. The van der Waals surface area contributed by atoms with Gasteiger partial charge >= 0.3 is 5.97 Å². The third-order valence-corrected chi connectivity index (χ3v) is 3.01. The second-order valence-corrected chi connectivity index (χ2v) is 4.39. The average Bonchev–Trinajstić information content (AvgIpc) is 2.22. The maximum absolute atomic E-state index is 10.9. The summed E-state index contributed by atoms with van der Waals surface area (Å²) in [6.45, 7) is 1.63. The fraction of sp³-hybridized carbons (Fsp3) is 0.692. The average molecular weight is 224 g/mol. The van der Waals surface area contributed by atoms with Crippen molar-refractivity contribution in [1.82, 2.24) is 0 Å². The lowest BCUT2D eigenvalue weighted by Crippen LogP contribution is -2.18. The number of carbonyl (C=O) groups excluding carboxylic acids is 1. The fourth-order valence-electron chi connectivity index (χ4n) is 2.29. The SMILES string of the molecule is C#C.CC(=O)CC1CCC(CC(=O)O)CC1. The van der Waals surface area contributed by atoms with Gasteiger partial charge in [0.2, 0.25) is 0 Å². The molecule has 1 aliphatic rings. The van der Waals surface area contributed by atoms with Gasteiger partial charge in [0.15, 0.2) is 0 Å². The van der Waals surface area contributed by atoms with E-state index >= 15 is 0 Å². The minimum atomic E-state index is -0.694. The quantitative estimate of drug-likeness (QED) is 0.746. The first-order valence-electron chi connectivity index (χ1n) is 5.62. The van der Waals surface area contributed by atoms with Crippen molar-refractivity contribution >= 4 is 11.8 Å². The summed E-state index contributed by atoms with van der Waals surface area (Å²) in [5.74, 6) is 0.417. The first kappa shape index (κ1) is 14.7. The van der Waals surface area contributed by atoms with Gasteiger partial charge in [-0.05, 0) is 44.4 Å². The van der Waals surface area contributed by atoms with Crippen molar-refractivity contribution < 1.29 is 14.7 Å². The lowest BCUT2D eigenvalue weighted by Gasteiger charge is -2.26. The molecule has 16 heavy (non-hydrogen) atoms. The van der Waals surface area contributed by atoms with E-state index in [9.17, 15) is 9.59 Å². The van der Waals surface area contributed by atoms with Crippen LogP contribution >= 0.6 is 0 Å². The molecule has 0 spiro atoms. The number of aliphatic carboxylic acids is 1. The second-order valence-electron chi connectivity index (χ2n) is 4.39. The molecule has 1 fully saturated rings. The Hall–Kier alpha value is -1.30. The monoisotopic (exact) mass is 224 g/mol. The van der Waals surface area contributed by atoms with E-state index in [1.165, 1.54) is 0 Å². The summed E-state index contributed by atoms with van der Waals surface area (Å²) in [7, 11) is 0. The van der Waals surface area contributed by atoms with Crippen LogP contribution in [-0.2, 0) is 9.59 Å². The van der Waals surface area contributed by atoms with Crippen molar-refractivity contribution in [2.45, 2.75) is 45.4 Å². The molecule has 3 nitrogen and oxygen atoms in total. The first-order valence-corrected chi connectivity index (χ1v) is 5.62. The topological polar surface area (TPSA) is 54.4 Å². The smallest absolute Gasteiger partial charge is 0.303 e. The zero-order chi connectivity index (χ0) is 12.6. The van der Waals surface area contributed by atoms with Gasteiger partial charge < -0.3 is 9.90 Å². The van der Waals surface area contributed by atoms with Crippen LogP contribution in [0.4, 0.5) is 0 Å². The third kappa shape index (κ3) is 6.23. The van der Waals surface area contributed by atoms with Crippen molar-refractivity contribution in [3.05, 3.63) is 0 Å². The van der Waals surface area contributed by atoms with Gasteiger partial charge in [-0.2, -0.15) is 0 Å².